The number of carbonyl (C=O) groups is 2. The van der Waals surface area contributed by atoms with Crippen molar-refractivity contribution in [1.82, 2.24) is 25.4 Å². The smallest absolute Gasteiger partial charge is 0.257 e. The van der Waals surface area contributed by atoms with Crippen LogP contribution in [0.4, 0.5) is 0 Å². The van der Waals surface area contributed by atoms with E-state index in [0.717, 1.165) is 11.3 Å². The average Bonchev–Trinajstić information content (AvgIpc) is 3.31. The fraction of sp³-hybridized carbons (Fsp3) is 0.200. The highest BCUT2D eigenvalue weighted by Gasteiger charge is 2.12. The van der Waals surface area contributed by atoms with Crippen LogP contribution in [0.1, 0.15) is 15.9 Å². The number of ether oxygens (including phenoxy) is 2. The monoisotopic (exact) mass is 395 g/mol. The molecule has 29 heavy (non-hydrogen) atoms. The second kappa shape index (κ2) is 9.36. The molecule has 3 rings (SSSR count). The van der Waals surface area contributed by atoms with E-state index in [9.17, 15) is 9.59 Å². The van der Waals surface area contributed by atoms with E-state index in [4.69, 9.17) is 9.47 Å². The number of likely N-dealkylation sites (N-methyl/N-ethyl adjacent to an activating group) is 1. The zero-order chi connectivity index (χ0) is 20.6. The summed E-state index contributed by atoms with van der Waals surface area (Å²) >= 11 is 0. The SMILES string of the molecule is CNC(=O)COc1ccc(C(=O)NCc2ccc(-n3cncn3)cc2)cc1OC. The number of carbonyl (C=O) groups excluding carboxylic acids is 2. The number of benzene rings is 2. The Balaban J connectivity index is 1.60. The third-order valence-electron chi connectivity index (χ3n) is 4.14. The van der Waals surface area contributed by atoms with Crippen molar-refractivity contribution in [2.75, 3.05) is 20.8 Å². The molecule has 150 valence electrons. The molecular formula is C20H21N5O4. The van der Waals surface area contributed by atoms with Crippen LogP contribution >= 0.6 is 0 Å². The van der Waals surface area contributed by atoms with Crippen molar-refractivity contribution in [3.63, 3.8) is 0 Å². The van der Waals surface area contributed by atoms with Gasteiger partial charge in [-0.2, -0.15) is 5.10 Å². The Hall–Kier alpha value is -3.88. The fourth-order valence-corrected chi connectivity index (χ4v) is 2.54. The maximum atomic E-state index is 12.5. The summed E-state index contributed by atoms with van der Waals surface area (Å²) in [6.45, 7) is 0.233. The molecule has 0 aliphatic heterocycles. The van der Waals surface area contributed by atoms with E-state index < -0.39 is 0 Å². The van der Waals surface area contributed by atoms with Gasteiger partial charge in [0.2, 0.25) is 0 Å². The van der Waals surface area contributed by atoms with Gasteiger partial charge in [0, 0.05) is 19.2 Å². The normalized spacial score (nSPS) is 10.3. The van der Waals surface area contributed by atoms with E-state index in [1.807, 2.05) is 24.3 Å². The van der Waals surface area contributed by atoms with Gasteiger partial charge >= 0.3 is 0 Å². The lowest BCUT2D eigenvalue weighted by Crippen LogP contribution is -2.25. The molecular weight excluding hydrogens is 374 g/mol. The molecule has 2 aromatic carbocycles. The van der Waals surface area contributed by atoms with Crippen molar-refractivity contribution in [2.45, 2.75) is 6.54 Å². The molecule has 0 aliphatic rings. The highest BCUT2D eigenvalue weighted by molar-refractivity contribution is 5.94. The van der Waals surface area contributed by atoms with Gasteiger partial charge in [-0.25, -0.2) is 9.67 Å². The molecule has 9 heteroatoms. The lowest BCUT2D eigenvalue weighted by molar-refractivity contribution is -0.122. The van der Waals surface area contributed by atoms with E-state index in [-0.39, 0.29) is 18.4 Å². The Morgan fingerprint density at radius 1 is 1.10 bits per heavy atom. The molecule has 9 nitrogen and oxygen atoms in total. The first kappa shape index (κ1) is 19.9. The van der Waals surface area contributed by atoms with E-state index in [1.54, 1.807) is 29.2 Å². The molecule has 0 aliphatic carbocycles. The molecule has 0 fully saturated rings. The predicted molar refractivity (Wildman–Crippen MR) is 105 cm³/mol. The summed E-state index contributed by atoms with van der Waals surface area (Å²) in [7, 11) is 3.00. The fourth-order valence-electron chi connectivity index (χ4n) is 2.54. The molecule has 2 amide bonds. The van der Waals surface area contributed by atoms with Gasteiger partial charge in [-0.1, -0.05) is 12.1 Å². The van der Waals surface area contributed by atoms with Gasteiger partial charge in [0.25, 0.3) is 11.8 Å². The van der Waals surface area contributed by atoms with Crippen molar-refractivity contribution in [3.8, 4) is 17.2 Å². The van der Waals surface area contributed by atoms with Crippen LogP contribution in [0, 0.1) is 0 Å². The van der Waals surface area contributed by atoms with E-state index in [0.29, 0.717) is 23.6 Å². The van der Waals surface area contributed by atoms with Crippen molar-refractivity contribution in [2.24, 2.45) is 0 Å². The molecule has 0 spiro atoms. The highest BCUT2D eigenvalue weighted by Crippen LogP contribution is 2.28. The van der Waals surface area contributed by atoms with Crippen LogP contribution in [0.25, 0.3) is 5.69 Å². The van der Waals surface area contributed by atoms with Crippen molar-refractivity contribution >= 4 is 11.8 Å². The number of rotatable bonds is 8. The minimum Gasteiger partial charge on any atom is -0.493 e. The second-order valence-electron chi connectivity index (χ2n) is 6.02. The first-order chi connectivity index (χ1) is 14.1. The summed E-state index contributed by atoms with van der Waals surface area (Å²) < 4.78 is 12.3. The Morgan fingerprint density at radius 2 is 1.90 bits per heavy atom. The van der Waals surface area contributed by atoms with Gasteiger partial charge < -0.3 is 20.1 Å². The quantitative estimate of drug-likeness (QED) is 0.596. The Kier molecular flexibility index (Phi) is 6.41. The molecule has 1 heterocycles. The van der Waals surface area contributed by atoms with Crippen LogP contribution in [0.15, 0.2) is 55.1 Å². The van der Waals surface area contributed by atoms with E-state index >= 15 is 0 Å². The topological polar surface area (TPSA) is 107 Å². The maximum Gasteiger partial charge on any atom is 0.257 e. The van der Waals surface area contributed by atoms with E-state index in [2.05, 4.69) is 20.7 Å². The molecule has 1 aromatic heterocycles. The molecule has 0 saturated heterocycles. The van der Waals surface area contributed by atoms with Crippen LogP contribution in [0.5, 0.6) is 11.5 Å². The number of nitrogens with one attached hydrogen (secondary N) is 2. The van der Waals surface area contributed by atoms with Gasteiger partial charge in [-0.3, -0.25) is 9.59 Å². The number of hydrogen-bond acceptors (Lipinski definition) is 6. The number of nitrogens with zero attached hydrogens (tertiary/aromatic N) is 3. The minimum absolute atomic E-state index is 0.136. The maximum absolute atomic E-state index is 12.5. The van der Waals surface area contributed by atoms with Gasteiger partial charge in [-0.05, 0) is 35.9 Å². The Bertz CT molecular complexity index is 971. The largest absolute Gasteiger partial charge is 0.493 e. The first-order valence-electron chi connectivity index (χ1n) is 8.84. The van der Waals surface area contributed by atoms with Crippen LogP contribution in [0.3, 0.4) is 0 Å². The third-order valence-corrected chi connectivity index (χ3v) is 4.14. The zero-order valence-corrected chi connectivity index (χ0v) is 16.1. The molecule has 0 bridgehead atoms. The first-order valence-corrected chi connectivity index (χ1v) is 8.84. The Morgan fingerprint density at radius 3 is 2.55 bits per heavy atom. The summed E-state index contributed by atoms with van der Waals surface area (Å²) in [5.74, 6) is 0.250. The second-order valence-corrected chi connectivity index (χ2v) is 6.02. The molecule has 0 atom stereocenters. The van der Waals surface area contributed by atoms with E-state index in [1.165, 1.54) is 20.5 Å². The summed E-state index contributed by atoms with van der Waals surface area (Å²) in [5, 5.41) is 9.41. The number of methoxy groups -OCH3 is 1. The van der Waals surface area contributed by atoms with Crippen molar-refractivity contribution in [1.29, 1.82) is 0 Å². The molecule has 3 aromatic rings. The average molecular weight is 395 g/mol. The van der Waals surface area contributed by atoms with Gasteiger partial charge in [0.15, 0.2) is 18.1 Å². The third kappa shape index (κ3) is 5.10. The molecule has 2 N–H and O–H groups in total. The number of aromatic nitrogens is 3. The molecule has 0 radical (unpaired) electrons. The van der Waals surface area contributed by atoms with Crippen molar-refractivity contribution < 1.29 is 19.1 Å². The summed E-state index contributed by atoms with van der Waals surface area (Å²) in [5.41, 5.74) is 2.25. The lowest BCUT2D eigenvalue weighted by Gasteiger charge is -2.12. The van der Waals surface area contributed by atoms with Gasteiger partial charge in [0.05, 0.1) is 12.8 Å². The van der Waals surface area contributed by atoms with Crippen LogP contribution in [-0.4, -0.2) is 47.3 Å². The zero-order valence-electron chi connectivity index (χ0n) is 16.1. The number of hydrogen-bond donors (Lipinski definition) is 2. The number of amides is 2. The van der Waals surface area contributed by atoms with Gasteiger partial charge in [0.1, 0.15) is 12.7 Å². The summed E-state index contributed by atoms with van der Waals surface area (Å²) in [4.78, 5) is 27.7. The molecule has 0 unspecified atom stereocenters. The standard InChI is InChI=1S/C20H21N5O4/c1-21-19(26)11-29-17-8-5-15(9-18(17)28-2)20(27)23-10-14-3-6-16(7-4-14)25-13-22-12-24-25/h3-9,12-13H,10-11H2,1-2H3,(H,21,26)(H,23,27). The van der Waals surface area contributed by atoms with Crippen LogP contribution < -0.4 is 20.1 Å². The summed E-state index contributed by atoms with van der Waals surface area (Å²) in [6, 6.07) is 12.4. The molecule has 0 saturated carbocycles. The predicted octanol–water partition coefficient (Wildman–Crippen LogP) is 1.33. The van der Waals surface area contributed by atoms with Crippen LogP contribution in [0.2, 0.25) is 0 Å². The van der Waals surface area contributed by atoms with Crippen LogP contribution in [-0.2, 0) is 11.3 Å². The van der Waals surface area contributed by atoms with Crippen molar-refractivity contribution in [3.05, 3.63) is 66.2 Å². The highest BCUT2D eigenvalue weighted by atomic mass is 16.5. The lowest BCUT2D eigenvalue weighted by atomic mass is 10.1. The Labute approximate surface area is 167 Å². The van der Waals surface area contributed by atoms with Gasteiger partial charge in [-0.15, -0.1) is 0 Å². The summed E-state index contributed by atoms with van der Waals surface area (Å²) in [6.07, 6.45) is 3.09. The minimum atomic E-state index is -0.260.